The molecule has 1 heterocycles. The van der Waals surface area contributed by atoms with Crippen molar-refractivity contribution in [2.75, 3.05) is 12.4 Å². The van der Waals surface area contributed by atoms with E-state index in [1.807, 2.05) is 0 Å². The highest BCUT2D eigenvalue weighted by molar-refractivity contribution is 7.17. The first-order valence-electron chi connectivity index (χ1n) is 9.38. The minimum Gasteiger partial charge on any atom is -0.481 e. The number of benzene rings is 1. The largest absolute Gasteiger partial charge is 0.481 e. The van der Waals surface area contributed by atoms with Crippen LogP contribution in [0.25, 0.3) is 0 Å². The number of nitrogens with one attached hydrogen (secondary N) is 1. The first-order chi connectivity index (χ1) is 13.4. The van der Waals surface area contributed by atoms with Gasteiger partial charge in [0.05, 0.1) is 12.7 Å². The predicted molar refractivity (Wildman–Crippen MR) is 112 cm³/mol. The van der Waals surface area contributed by atoms with E-state index in [9.17, 15) is 9.59 Å². The highest BCUT2D eigenvalue weighted by Gasteiger charge is 2.30. The zero-order valence-electron chi connectivity index (χ0n) is 16.2. The second kappa shape index (κ2) is 8.97. The van der Waals surface area contributed by atoms with E-state index in [1.54, 1.807) is 31.2 Å². The highest BCUT2D eigenvalue weighted by atomic mass is 35.5. The molecule has 150 valence electrons. The zero-order chi connectivity index (χ0) is 20.3. The molecule has 0 unspecified atom stereocenters. The fourth-order valence-electron chi connectivity index (χ4n) is 3.42. The number of hydrogen-bond donors (Lipinski definition) is 1. The monoisotopic (exact) mass is 421 g/mol. The number of ether oxygens (including phenoxy) is 2. The normalized spacial score (nSPS) is 16.8. The molecule has 1 aromatic heterocycles. The standard InChI is InChI=1S/C21H24ClNO4S/c1-4-13-8-9-16-17(10-13)28-20(18(16)21(25)26-3)23-19(24)12(2)27-15-7-5-6-14(22)11-15/h5-7,11-13H,4,8-10H2,1-3H3,(H,23,24)/t12-,13+/m1/s1. The highest BCUT2D eigenvalue weighted by Crippen LogP contribution is 2.40. The molecule has 1 N–H and O–H groups in total. The number of amides is 1. The van der Waals surface area contributed by atoms with Crippen LogP contribution in [0.3, 0.4) is 0 Å². The van der Waals surface area contributed by atoms with E-state index in [0.29, 0.717) is 27.3 Å². The van der Waals surface area contributed by atoms with Crippen LogP contribution in [-0.4, -0.2) is 25.1 Å². The van der Waals surface area contributed by atoms with E-state index in [0.717, 1.165) is 36.1 Å². The molecule has 1 amide bonds. The lowest BCUT2D eigenvalue weighted by Gasteiger charge is -2.20. The topological polar surface area (TPSA) is 64.6 Å². The SMILES string of the molecule is CC[C@H]1CCc2c(sc(NC(=O)[C@@H](C)Oc3cccc(Cl)c3)c2C(=O)OC)C1. The van der Waals surface area contributed by atoms with Crippen LogP contribution in [0.2, 0.25) is 5.02 Å². The fraction of sp³-hybridized carbons (Fsp3) is 0.429. The van der Waals surface area contributed by atoms with Crippen LogP contribution >= 0.6 is 22.9 Å². The molecule has 5 nitrogen and oxygen atoms in total. The molecular weight excluding hydrogens is 398 g/mol. The Kier molecular flexibility index (Phi) is 6.62. The van der Waals surface area contributed by atoms with Crippen molar-refractivity contribution < 1.29 is 19.1 Å². The maximum Gasteiger partial charge on any atom is 0.341 e. The molecule has 7 heteroatoms. The van der Waals surface area contributed by atoms with Crippen LogP contribution in [0.4, 0.5) is 5.00 Å². The molecule has 0 fully saturated rings. The minimum atomic E-state index is -0.744. The van der Waals surface area contributed by atoms with Crippen LogP contribution in [0.1, 0.15) is 47.5 Å². The van der Waals surface area contributed by atoms with Gasteiger partial charge in [0.1, 0.15) is 10.8 Å². The van der Waals surface area contributed by atoms with E-state index in [-0.39, 0.29) is 5.91 Å². The van der Waals surface area contributed by atoms with Gasteiger partial charge in [0, 0.05) is 9.90 Å². The van der Waals surface area contributed by atoms with Crippen LogP contribution in [-0.2, 0) is 22.4 Å². The number of esters is 1. The number of fused-ring (bicyclic) bond motifs is 1. The lowest BCUT2D eigenvalue weighted by Crippen LogP contribution is -2.30. The van der Waals surface area contributed by atoms with Crippen molar-refractivity contribution in [3.05, 3.63) is 45.3 Å². The lowest BCUT2D eigenvalue weighted by molar-refractivity contribution is -0.122. The van der Waals surface area contributed by atoms with Gasteiger partial charge in [-0.1, -0.05) is 31.0 Å². The van der Waals surface area contributed by atoms with Crippen molar-refractivity contribution in [1.29, 1.82) is 0 Å². The second-order valence-corrected chi connectivity index (χ2v) is 8.46. The van der Waals surface area contributed by atoms with Crippen molar-refractivity contribution in [3.8, 4) is 5.75 Å². The third-order valence-electron chi connectivity index (χ3n) is 5.05. The van der Waals surface area contributed by atoms with Gasteiger partial charge >= 0.3 is 5.97 Å². The summed E-state index contributed by atoms with van der Waals surface area (Å²) in [6.45, 7) is 3.84. The predicted octanol–water partition coefficient (Wildman–Crippen LogP) is 5.11. The van der Waals surface area contributed by atoms with Crippen molar-refractivity contribution >= 4 is 39.8 Å². The molecule has 2 atom stereocenters. The van der Waals surface area contributed by atoms with E-state index in [4.69, 9.17) is 21.1 Å². The Morgan fingerprint density at radius 1 is 1.39 bits per heavy atom. The van der Waals surface area contributed by atoms with Gasteiger partial charge in [0.15, 0.2) is 6.10 Å². The zero-order valence-corrected chi connectivity index (χ0v) is 17.8. The van der Waals surface area contributed by atoms with E-state index in [1.165, 1.54) is 18.4 Å². The Labute approximate surface area is 174 Å². The average Bonchev–Trinajstić information content (AvgIpc) is 3.04. The number of carbonyl (C=O) groups is 2. The molecule has 28 heavy (non-hydrogen) atoms. The average molecular weight is 422 g/mol. The van der Waals surface area contributed by atoms with E-state index >= 15 is 0 Å². The first kappa shape index (κ1) is 20.7. The summed E-state index contributed by atoms with van der Waals surface area (Å²) in [7, 11) is 1.36. The smallest absolute Gasteiger partial charge is 0.341 e. The summed E-state index contributed by atoms with van der Waals surface area (Å²) in [5.74, 6) is 0.395. The summed E-state index contributed by atoms with van der Waals surface area (Å²) in [6.07, 6.45) is 3.18. The molecule has 0 saturated carbocycles. The molecular formula is C21H24ClNO4S. The molecule has 0 bridgehead atoms. The Bertz CT molecular complexity index is 879. The quantitative estimate of drug-likeness (QED) is 0.658. The molecule has 0 saturated heterocycles. The van der Waals surface area contributed by atoms with E-state index < -0.39 is 12.1 Å². The summed E-state index contributed by atoms with van der Waals surface area (Å²) < 4.78 is 10.7. The van der Waals surface area contributed by atoms with Crippen molar-refractivity contribution in [1.82, 2.24) is 0 Å². The molecule has 0 radical (unpaired) electrons. The van der Waals surface area contributed by atoms with Gasteiger partial charge in [0.25, 0.3) is 5.91 Å². The molecule has 0 aliphatic heterocycles. The molecule has 1 aliphatic rings. The van der Waals surface area contributed by atoms with Gasteiger partial charge in [-0.05, 0) is 55.9 Å². The molecule has 1 aliphatic carbocycles. The van der Waals surface area contributed by atoms with Gasteiger partial charge < -0.3 is 14.8 Å². The Hall–Kier alpha value is -2.05. The van der Waals surface area contributed by atoms with Crippen molar-refractivity contribution in [3.63, 3.8) is 0 Å². The van der Waals surface area contributed by atoms with Gasteiger partial charge in [-0.25, -0.2) is 4.79 Å². The number of hydrogen-bond acceptors (Lipinski definition) is 5. The Morgan fingerprint density at radius 2 is 2.18 bits per heavy atom. The van der Waals surface area contributed by atoms with Crippen LogP contribution in [0, 0.1) is 5.92 Å². The number of methoxy groups -OCH3 is 1. The van der Waals surface area contributed by atoms with Crippen LogP contribution in [0.15, 0.2) is 24.3 Å². The summed E-state index contributed by atoms with van der Waals surface area (Å²) in [4.78, 5) is 26.2. The summed E-state index contributed by atoms with van der Waals surface area (Å²) in [5.41, 5.74) is 1.50. The summed E-state index contributed by atoms with van der Waals surface area (Å²) >= 11 is 7.43. The van der Waals surface area contributed by atoms with Gasteiger partial charge in [-0.2, -0.15) is 0 Å². The third kappa shape index (κ3) is 4.50. The Balaban J connectivity index is 1.79. The second-order valence-electron chi connectivity index (χ2n) is 6.92. The minimum absolute atomic E-state index is 0.323. The van der Waals surface area contributed by atoms with Gasteiger partial charge in [0.2, 0.25) is 0 Å². The summed E-state index contributed by atoms with van der Waals surface area (Å²) in [6, 6.07) is 6.89. The van der Waals surface area contributed by atoms with Crippen LogP contribution < -0.4 is 10.1 Å². The lowest BCUT2D eigenvalue weighted by atomic mass is 9.85. The molecule has 1 aromatic carbocycles. The van der Waals surface area contributed by atoms with Crippen LogP contribution in [0.5, 0.6) is 5.75 Å². The number of rotatable bonds is 6. The molecule has 0 spiro atoms. The third-order valence-corrected chi connectivity index (χ3v) is 6.45. The van der Waals surface area contributed by atoms with Gasteiger partial charge in [-0.15, -0.1) is 11.3 Å². The van der Waals surface area contributed by atoms with Crippen molar-refractivity contribution in [2.45, 2.75) is 45.6 Å². The Morgan fingerprint density at radius 3 is 2.86 bits per heavy atom. The van der Waals surface area contributed by atoms with E-state index in [2.05, 4.69) is 12.2 Å². The maximum absolute atomic E-state index is 12.7. The fourth-order valence-corrected chi connectivity index (χ4v) is 4.95. The number of anilines is 1. The first-order valence-corrected chi connectivity index (χ1v) is 10.6. The maximum atomic E-state index is 12.7. The number of carbonyl (C=O) groups excluding carboxylic acids is 2. The molecule has 2 aromatic rings. The number of halogens is 1. The van der Waals surface area contributed by atoms with Gasteiger partial charge in [-0.3, -0.25) is 4.79 Å². The molecule has 3 rings (SSSR count). The number of thiophene rings is 1. The summed E-state index contributed by atoms with van der Waals surface area (Å²) in [5, 5.41) is 3.95. The van der Waals surface area contributed by atoms with Crippen molar-refractivity contribution in [2.24, 2.45) is 5.92 Å².